The van der Waals surface area contributed by atoms with Gasteiger partial charge in [-0.15, -0.1) is 5.06 Å². The first-order valence-corrected chi connectivity index (χ1v) is 25.0. The third kappa shape index (κ3) is 25.5. The van der Waals surface area contributed by atoms with Crippen LogP contribution in [0.5, 0.6) is 17.2 Å². The van der Waals surface area contributed by atoms with Gasteiger partial charge in [0.1, 0.15) is 77.5 Å². The number of hydrogen-bond acceptors (Lipinski definition) is 22. The lowest BCUT2D eigenvalue weighted by molar-refractivity contribution is -0.161. The minimum absolute atomic E-state index is 0.102. The molecule has 450 valence electrons. The van der Waals surface area contributed by atoms with Gasteiger partial charge in [0.15, 0.2) is 23.8 Å². The monoisotopic (exact) mass is 1160 g/mol. The maximum absolute atomic E-state index is 12.5. The largest absolute Gasteiger partial charge is 0.490 e. The Morgan fingerprint density at radius 2 is 0.819 bits per heavy atom. The topological polar surface area (TPSA) is 414 Å². The number of nitrogens with zero attached hydrogens (tertiary/aromatic N) is 1. The van der Waals surface area contributed by atoms with Gasteiger partial charge in [0, 0.05) is 23.8 Å². The van der Waals surface area contributed by atoms with Crippen molar-refractivity contribution >= 4 is 65.1 Å². The van der Waals surface area contributed by atoms with Crippen molar-refractivity contribution in [3.05, 3.63) is 125 Å². The van der Waals surface area contributed by atoms with Crippen molar-refractivity contribution in [1.29, 1.82) is 16.2 Å². The van der Waals surface area contributed by atoms with E-state index in [-0.39, 0.29) is 54.2 Å². The van der Waals surface area contributed by atoms with E-state index in [0.717, 1.165) is 7.11 Å². The number of amides is 6. The lowest BCUT2D eigenvalue weighted by atomic mass is 10.1. The van der Waals surface area contributed by atoms with Crippen LogP contribution >= 0.6 is 0 Å². The number of Topliss-reactive ketones (excluding diaryl/α,β-unsaturated/α-hetero) is 2. The summed E-state index contributed by atoms with van der Waals surface area (Å²) in [5.74, 6) is 2.94. The Kier molecular flexibility index (Phi) is 27.3. The summed E-state index contributed by atoms with van der Waals surface area (Å²) in [5, 5.41) is 47.6. The molecule has 27 heteroatoms. The van der Waals surface area contributed by atoms with Crippen molar-refractivity contribution in [2.45, 2.75) is 111 Å². The van der Waals surface area contributed by atoms with E-state index in [2.05, 4.69) is 20.8 Å². The van der Waals surface area contributed by atoms with E-state index in [1.54, 1.807) is 147 Å². The number of nitrogens with one attached hydrogen (secondary N) is 6. The van der Waals surface area contributed by atoms with Gasteiger partial charge >= 0.3 is 18.3 Å². The molecular formula is C56H73N9O18. The molecule has 1 aliphatic heterocycles. The van der Waals surface area contributed by atoms with Gasteiger partial charge < -0.3 is 44.4 Å². The van der Waals surface area contributed by atoms with Gasteiger partial charge in [-0.05, 0) is 161 Å². The average Bonchev–Trinajstić information content (AvgIpc) is 3.91. The SMILES string of the molecule is CC(=O)C(COc1ccc(C(=N)NC(=O)OC(C)(C)C)cc1)ON1C(=O)c2ccccc2C1=O.CC(=O)C(O)COc1ccc(C(=N)NC(=O)OC(C)(C)C)cc1.CC(C)(C)OC(=O)NC(=N)c1ccc(OCC(ON)C(N)=O)cc1.CO. The number of hydroxylamine groups is 2. The number of aliphatic hydroxyl groups excluding tert-OH is 2. The number of fused-ring (bicyclic) bond motifs is 1. The highest BCUT2D eigenvalue weighted by Crippen LogP contribution is 2.24. The van der Waals surface area contributed by atoms with Crippen LogP contribution in [0.4, 0.5) is 14.4 Å². The minimum atomic E-state index is -1.20. The van der Waals surface area contributed by atoms with Crippen LogP contribution in [0.15, 0.2) is 97.1 Å². The van der Waals surface area contributed by atoms with Gasteiger partial charge in [-0.2, -0.15) is 0 Å². The number of hydrogen-bond donors (Lipinski definition) is 10. The molecule has 0 radical (unpaired) electrons. The zero-order valence-corrected chi connectivity index (χ0v) is 48.1. The maximum Gasteiger partial charge on any atom is 0.413 e. The molecule has 0 fully saturated rings. The van der Waals surface area contributed by atoms with Gasteiger partial charge in [0.2, 0.25) is 0 Å². The van der Waals surface area contributed by atoms with Gasteiger partial charge in [-0.25, -0.2) is 25.1 Å². The van der Waals surface area contributed by atoms with Crippen LogP contribution in [-0.4, -0.2) is 142 Å². The van der Waals surface area contributed by atoms with Crippen molar-refractivity contribution in [3.63, 3.8) is 0 Å². The lowest BCUT2D eigenvalue weighted by Gasteiger charge is -2.21. The molecule has 27 nitrogen and oxygen atoms in total. The number of carbonyl (C=O) groups excluding carboxylic acids is 8. The molecule has 12 N–H and O–H groups in total. The average molecular weight is 1160 g/mol. The number of benzene rings is 4. The first-order chi connectivity index (χ1) is 38.7. The molecule has 0 aliphatic carbocycles. The number of carbonyl (C=O) groups is 8. The van der Waals surface area contributed by atoms with Crippen molar-refractivity contribution < 1.29 is 86.7 Å². The smallest absolute Gasteiger partial charge is 0.413 e. The molecule has 5 rings (SSSR count). The van der Waals surface area contributed by atoms with Crippen molar-refractivity contribution in [2.75, 3.05) is 26.9 Å². The van der Waals surface area contributed by atoms with Crippen molar-refractivity contribution in [3.8, 4) is 17.2 Å². The summed E-state index contributed by atoms with van der Waals surface area (Å²) in [4.78, 5) is 104. The molecule has 1 aliphatic rings. The number of amidine groups is 3. The predicted octanol–water partition coefficient (Wildman–Crippen LogP) is 5.23. The molecule has 0 bridgehead atoms. The number of ether oxygens (including phenoxy) is 6. The third-order valence-electron chi connectivity index (χ3n) is 9.91. The standard InChI is InChI=1S/C24H25N3O7.C16H22N2O5.C15H22N4O5.CH4O/c1-14(28)19(34-27-21(29)17-7-5-6-8-18(17)22(27)30)13-32-16-11-9-15(10-12-16)20(25)26-23(31)33-24(2,3)4;1-10(19)13(20)9-22-12-7-5-11(6-8-12)14(17)18-15(21)23-16(2,3)4;1-15(2,3)23-14(21)19-12(16)9-4-6-10(7-5-9)22-8-11(24-18)13(17)20;1-2/h5-12,19H,13H2,1-4H3,(H2,25,26,31);5-8,13,20H,9H2,1-4H3,(H2,17,18,21);4-7,11H,8,18H2,1-3H3,(H2,17,20)(H2,16,19,21);2H,1H3. The van der Waals surface area contributed by atoms with Crippen LogP contribution in [0, 0.1) is 16.2 Å². The molecule has 0 saturated heterocycles. The summed E-state index contributed by atoms with van der Waals surface area (Å²) in [6, 6.07) is 25.0. The molecule has 4 aromatic carbocycles. The number of rotatable bonds is 18. The van der Waals surface area contributed by atoms with Crippen LogP contribution in [-0.2, 0) is 38.3 Å². The fourth-order valence-electron chi connectivity index (χ4n) is 6.02. The Bertz CT molecular complexity index is 2880. The summed E-state index contributed by atoms with van der Waals surface area (Å²) in [7, 11) is 1.00. The van der Waals surface area contributed by atoms with Crippen LogP contribution in [0.1, 0.15) is 114 Å². The fraction of sp³-hybridized carbons (Fsp3) is 0.375. The highest BCUT2D eigenvalue weighted by molar-refractivity contribution is 6.20. The predicted molar refractivity (Wildman–Crippen MR) is 300 cm³/mol. The number of alkyl carbamates (subject to hydrolysis) is 3. The molecule has 0 aromatic heterocycles. The summed E-state index contributed by atoms with van der Waals surface area (Å²) >= 11 is 0. The van der Waals surface area contributed by atoms with Crippen LogP contribution < -0.4 is 41.8 Å². The van der Waals surface area contributed by atoms with Gasteiger partial charge in [-0.1, -0.05) is 12.1 Å². The number of imide groups is 1. The van der Waals surface area contributed by atoms with E-state index in [4.69, 9.17) is 66.2 Å². The van der Waals surface area contributed by atoms with Gasteiger partial charge in [-0.3, -0.25) is 61.0 Å². The van der Waals surface area contributed by atoms with E-state index in [1.165, 1.54) is 26.0 Å². The molecule has 3 atom stereocenters. The van der Waals surface area contributed by atoms with E-state index in [9.17, 15) is 43.5 Å². The van der Waals surface area contributed by atoms with Crippen LogP contribution in [0.3, 0.4) is 0 Å². The van der Waals surface area contributed by atoms with E-state index >= 15 is 0 Å². The summed E-state index contributed by atoms with van der Waals surface area (Å²) in [6.45, 7) is 17.5. The van der Waals surface area contributed by atoms with Gasteiger partial charge in [0.05, 0.1) is 11.1 Å². The maximum atomic E-state index is 12.5. The Morgan fingerprint density at radius 1 is 0.518 bits per heavy atom. The highest BCUT2D eigenvalue weighted by Gasteiger charge is 2.39. The quantitative estimate of drug-likeness (QED) is 0.0200. The molecular weight excluding hydrogens is 1090 g/mol. The fourth-order valence-corrected chi connectivity index (χ4v) is 6.02. The molecule has 0 saturated carbocycles. The first-order valence-electron chi connectivity index (χ1n) is 25.0. The summed E-state index contributed by atoms with van der Waals surface area (Å²) < 4.78 is 31.4. The van der Waals surface area contributed by atoms with E-state index in [1.807, 2.05) is 0 Å². The molecule has 0 spiro atoms. The molecule has 3 unspecified atom stereocenters. The number of ketones is 2. The summed E-state index contributed by atoms with van der Waals surface area (Å²) in [6.07, 6.45) is -5.58. The number of nitrogens with two attached hydrogens (primary N) is 2. The minimum Gasteiger partial charge on any atom is -0.490 e. The molecule has 83 heavy (non-hydrogen) atoms. The van der Waals surface area contributed by atoms with Crippen LogP contribution in [0.25, 0.3) is 0 Å². The van der Waals surface area contributed by atoms with E-state index < -0.39 is 76.9 Å². The second-order valence-corrected chi connectivity index (χ2v) is 20.3. The zero-order chi connectivity index (χ0) is 63.0. The Balaban J connectivity index is 0.000000430. The van der Waals surface area contributed by atoms with E-state index in [0.29, 0.717) is 39.0 Å². The van der Waals surface area contributed by atoms with Crippen LogP contribution in [0.2, 0.25) is 0 Å². The third-order valence-corrected chi connectivity index (χ3v) is 9.91. The second-order valence-electron chi connectivity index (χ2n) is 20.3. The Hall–Kier alpha value is -9.15. The van der Waals surface area contributed by atoms with Crippen molar-refractivity contribution in [1.82, 2.24) is 21.0 Å². The summed E-state index contributed by atoms with van der Waals surface area (Å²) in [5.41, 5.74) is 4.82. The number of primary amides is 1. The number of aliphatic hydroxyl groups is 2. The first kappa shape index (κ1) is 70.0. The normalized spacial score (nSPS) is 12.6. The second kappa shape index (κ2) is 32.3. The van der Waals surface area contributed by atoms with Crippen molar-refractivity contribution in [2.24, 2.45) is 11.6 Å². The molecule has 6 amide bonds. The lowest BCUT2D eigenvalue weighted by Crippen LogP contribution is -2.40. The van der Waals surface area contributed by atoms with Gasteiger partial charge in [0.25, 0.3) is 17.7 Å². The Labute approximate surface area is 479 Å². The highest BCUT2D eigenvalue weighted by atomic mass is 16.7. The zero-order valence-electron chi connectivity index (χ0n) is 48.1. The molecule has 4 aromatic rings. The Morgan fingerprint density at radius 3 is 1.08 bits per heavy atom. The molecule has 1 heterocycles.